The third kappa shape index (κ3) is 6.08. The Bertz CT molecular complexity index is 835. The van der Waals surface area contributed by atoms with Crippen LogP contribution in [0.3, 0.4) is 0 Å². The van der Waals surface area contributed by atoms with E-state index < -0.39 is 0 Å². The van der Waals surface area contributed by atoms with Gasteiger partial charge >= 0.3 is 0 Å². The largest absolute Gasteiger partial charge is 0.432 e. The van der Waals surface area contributed by atoms with Crippen molar-refractivity contribution in [3.63, 3.8) is 0 Å². The van der Waals surface area contributed by atoms with Gasteiger partial charge in [-0.3, -0.25) is 4.90 Å². The van der Waals surface area contributed by atoms with Crippen LogP contribution >= 0.6 is 12.2 Å². The average molecular weight is 437 g/mol. The number of thiocarbonyl (C=S) groups is 1. The molecular weight excluding hydrogens is 400 g/mol. The van der Waals surface area contributed by atoms with Gasteiger partial charge < -0.3 is 9.64 Å². The standard InChI is InChI=1S/C27H36N2OS/c1-21-6-16-26(17-7-21)30-27(31)28(2)25-14-12-24(13-15-25)23-10-8-22(9-11-23)20-29-18-4-3-5-19-29/h6-11,16-17,24-25H,3-5,12-15,18-20H2,1-2H3. The zero-order valence-electron chi connectivity index (χ0n) is 19.1. The van der Waals surface area contributed by atoms with Gasteiger partial charge in [-0.2, -0.15) is 0 Å². The lowest BCUT2D eigenvalue weighted by Gasteiger charge is -2.35. The molecule has 1 aliphatic carbocycles. The van der Waals surface area contributed by atoms with Crippen molar-refractivity contribution in [2.75, 3.05) is 20.1 Å². The van der Waals surface area contributed by atoms with Crippen LogP contribution in [0.5, 0.6) is 5.75 Å². The number of piperidine rings is 1. The quantitative estimate of drug-likeness (QED) is 0.511. The van der Waals surface area contributed by atoms with Gasteiger partial charge in [0, 0.05) is 19.6 Å². The number of hydrogen-bond donors (Lipinski definition) is 0. The average Bonchev–Trinajstić information content (AvgIpc) is 2.81. The molecule has 2 aromatic rings. The number of likely N-dealkylation sites (tertiary alicyclic amines) is 1. The number of benzene rings is 2. The first-order valence-corrected chi connectivity index (χ1v) is 12.3. The van der Waals surface area contributed by atoms with E-state index in [2.05, 4.69) is 60.2 Å². The molecule has 0 amide bonds. The van der Waals surface area contributed by atoms with Crippen LogP contribution in [0.25, 0.3) is 0 Å². The predicted octanol–water partition coefficient (Wildman–Crippen LogP) is 6.30. The number of rotatable bonds is 5. The summed E-state index contributed by atoms with van der Waals surface area (Å²) in [6.07, 6.45) is 8.87. The number of nitrogens with zero attached hydrogens (tertiary/aromatic N) is 2. The number of aryl methyl sites for hydroxylation is 1. The minimum absolute atomic E-state index is 0.465. The molecular formula is C27H36N2OS. The minimum atomic E-state index is 0.465. The third-order valence-corrected chi connectivity index (χ3v) is 7.44. The molecule has 1 saturated heterocycles. The summed E-state index contributed by atoms with van der Waals surface area (Å²) in [4.78, 5) is 4.76. The second-order valence-electron chi connectivity index (χ2n) is 9.38. The molecule has 0 atom stereocenters. The van der Waals surface area contributed by atoms with E-state index in [-0.39, 0.29) is 0 Å². The summed E-state index contributed by atoms with van der Waals surface area (Å²) < 4.78 is 5.92. The lowest BCUT2D eigenvalue weighted by Crippen LogP contribution is -2.40. The molecule has 3 nitrogen and oxygen atoms in total. The fraction of sp³-hybridized carbons (Fsp3) is 0.519. The summed E-state index contributed by atoms with van der Waals surface area (Å²) in [6.45, 7) is 5.70. The highest BCUT2D eigenvalue weighted by Crippen LogP contribution is 2.35. The molecule has 4 heteroatoms. The molecule has 1 heterocycles. The molecule has 0 aromatic heterocycles. The molecule has 2 aliphatic rings. The van der Waals surface area contributed by atoms with Gasteiger partial charge in [-0.15, -0.1) is 0 Å². The summed E-state index contributed by atoms with van der Waals surface area (Å²) >= 11 is 5.58. The van der Waals surface area contributed by atoms with Crippen molar-refractivity contribution in [3.8, 4) is 5.75 Å². The second-order valence-corrected chi connectivity index (χ2v) is 9.73. The molecule has 31 heavy (non-hydrogen) atoms. The highest BCUT2D eigenvalue weighted by atomic mass is 32.1. The van der Waals surface area contributed by atoms with E-state index in [9.17, 15) is 0 Å². The molecule has 1 aliphatic heterocycles. The van der Waals surface area contributed by atoms with E-state index >= 15 is 0 Å². The number of hydrogen-bond acceptors (Lipinski definition) is 3. The van der Waals surface area contributed by atoms with Crippen molar-refractivity contribution in [3.05, 3.63) is 65.2 Å². The van der Waals surface area contributed by atoms with Crippen LogP contribution in [-0.2, 0) is 6.54 Å². The zero-order valence-corrected chi connectivity index (χ0v) is 19.9. The molecule has 0 N–H and O–H groups in total. The monoisotopic (exact) mass is 436 g/mol. The van der Waals surface area contributed by atoms with Gasteiger partial charge in [-0.1, -0.05) is 48.4 Å². The third-order valence-electron chi connectivity index (χ3n) is 7.06. The predicted molar refractivity (Wildman–Crippen MR) is 133 cm³/mol. The Morgan fingerprint density at radius 1 is 0.935 bits per heavy atom. The van der Waals surface area contributed by atoms with E-state index in [0.29, 0.717) is 17.1 Å². The molecule has 166 valence electrons. The van der Waals surface area contributed by atoms with Crippen molar-refractivity contribution in [1.29, 1.82) is 0 Å². The smallest absolute Gasteiger partial charge is 0.264 e. The van der Waals surface area contributed by atoms with Crippen LogP contribution in [0.1, 0.15) is 67.6 Å². The Balaban J connectivity index is 1.25. The fourth-order valence-corrected chi connectivity index (χ4v) is 5.24. The summed E-state index contributed by atoms with van der Waals surface area (Å²) in [5, 5.41) is 0.578. The van der Waals surface area contributed by atoms with E-state index in [1.54, 1.807) is 0 Å². The molecule has 2 aromatic carbocycles. The van der Waals surface area contributed by atoms with Crippen LogP contribution in [0.4, 0.5) is 0 Å². The van der Waals surface area contributed by atoms with E-state index in [4.69, 9.17) is 17.0 Å². The highest BCUT2D eigenvalue weighted by molar-refractivity contribution is 7.80. The first-order chi connectivity index (χ1) is 15.1. The summed E-state index contributed by atoms with van der Waals surface area (Å²) in [5.74, 6) is 1.49. The Hall–Kier alpha value is -1.91. The van der Waals surface area contributed by atoms with Crippen LogP contribution in [0.15, 0.2) is 48.5 Å². The molecule has 2 fully saturated rings. The summed E-state index contributed by atoms with van der Waals surface area (Å²) in [7, 11) is 2.08. The van der Waals surface area contributed by atoms with Gasteiger partial charge in [0.15, 0.2) is 0 Å². The van der Waals surface area contributed by atoms with Crippen molar-refractivity contribution in [1.82, 2.24) is 9.80 Å². The van der Waals surface area contributed by atoms with Gasteiger partial charge in [-0.25, -0.2) is 0 Å². The van der Waals surface area contributed by atoms with E-state index in [1.807, 2.05) is 12.1 Å². The van der Waals surface area contributed by atoms with Gasteiger partial charge in [0.1, 0.15) is 5.75 Å². The van der Waals surface area contributed by atoms with Gasteiger partial charge in [0.2, 0.25) is 0 Å². The first-order valence-electron chi connectivity index (χ1n) is 11.9. The first kappa shape index (κ1) is 22.3. The van der Waals surface area contributed by atoms with Gasteiger partial charge in [-0.05, 0) is 99.9 Å². The van der Waals surface area contributed by atoms with Gasteiger partial charge in [0.05, 0.1) is 0 Å². The summed E-state index contributed by atoms with van der Waals surface area (Å²) in [6, 6.07) is 18.0. The van der Waals surface area contributed by atoms with Crippen molar-refractivity contribution in [2.24, 2.45) is 0 Å². The van der Waals surface area contributed by atoms with Crippen LogP contribution < -0.4 is 4.74 Å². The minimum Gasteiger partial charge on any atom is -0.432 e. The Labute approximate surface area is 193 Å². The molecule has 0 bridgehead atoms. The molecule has 0 spiro atoms. The molecule has 1 saturated carbocycles. The molecule has 0 unspecified atom stereocenters. The SMILES string of the molecule is Cc1ccc(OC(=S)N(C)C2CCC(c3ccc(CN4CCCCC4)cc3)CC2)cc1. The van der Waals surface area contributed by atoms with Crippen molar-refractivity contribution >= 4 is 17.4 Å². The highest BCUT2D eigenvalue weighted by Gasteiger charge is 2.27. The normalized spacial score (nSPS) is 22.1. The second kappa shape index (κ2) is 10.6. The fourth-order valence-electron chi connectivity index (χ4n) is 5.00. The van der Waals surface area contributed by atoms with Crippen LogP contribution in [0.2, 0.25) is 0 Å². The Morgan fingerprint density at radius 3 is 2.23 bits per heavy atom. The van der Waals surface area contributed by atoms with Crippen molar-refractivity contribution < 1.29 is 4.74 Å². The van der Waals surface area contributed by atoms with Crippen molar-refractivity contribution in [2.45, 2.75) is 70.4 Å². The zero-order chi connectivity index (χ0) is 21.6. The topological polar surface area (TPSA) is 15.7 Å². The maximum atomic E-state index is 5.92. The summed E-state index contributed by atoms with van der Waals surface area (Å²) in [5.41, 5.74) is 4.18. The Morgan fingerprint density at radius 2 is 1.58 bits per heavy atom. The van der Waals surface area contributed by atoms with Crippen LogP contribution in [0, 0.1) is 6.92 Å². The lowest BCUT2D eigenvalue weighted by atomic mass is 9.81. The Kier molecular flexibility index (Phi) is 7.62. The van der Waals surface area contributed by atoms with Crippen LogP contribution in [-0.4, -0.2) is 41.2 Å². The maximum Gasteiger partial charge on any atom is 0.264 e. The molecule has 4 rings (SSSR count). The lowest BCUT2D eigenvalue weighted by molar-refractivity contribution is 0.221. The maximum absolute atomic E-state index is 5.92. The van der Waals surface area contributed by atoms with E-state index in [0.717, 1.165) is 25.1 Å². The number of ether oxygens (including phenoxy) is 1. The van der Waals surface area contributed by atoms with E-state index in [1.165, 1.54) is 61.9 Å². The molecule has 0 radical (unpaired) electrons. The van der Waals surface area contributed by atoms with Gasteiger partial charge in [0.25, 0.3) is 5.17 Å².